The highest BCUT2D eigenvalue weighted by atomic mass is 32.2. The molecule has 12 nitrogen and oxygen atoms in total. The molecule has 5 rings (SSSR count). The van der Waals surface area contributed by atoms with Gasteiger partial charge in [0.25, 0.3) is 5.56 Å². The molecule has 1 aliphatic heterocycles. The van der Waals surface area contributed by atoms with Crippen LogP contribution in [0.1, 0.15) is 0 Å². The van der Waals surface area contributed by atoms with Gasteiger partial charge >= 0.3 is 5.97 Å². The number of thioether (sulfide) groups is 1. The Morgan fingerprint density at radius 1 is 1.32 bits per heavy atom. The maximum Gasteiger partial charge on any atom is 0.313 e. The highest BCUT2D eigenvalue weighted by Crippen LogP contribution is 2.29. The largest absolute Gasteiger partial charge is 0.481 e. The maximum atomic E-state index is 13.2. The quantitative estimate of drug-likeness (QED) is 0.209. The van der Waals surface area contributed by atoms with Crippen LogP contribution < -0.4 is 5.56 Å². The van der Waals surface area contributed by atoms with Gasteiger partial charge in [0, 0.05) is 6.20 Å². The summed E-state index contributed by atoms with van der Waals surface area (Å²) in [7, 11) is -0.323. The molecule has 0 saturated carbocycles. The molecule has 1 saturated heterocycles. The maximum absolute atomic E-state index is 13.2. The monoisotopic (exact) mass is 505 g/mol. The number of carboxylic acid groups (broad SMARTS) is 1. The molecular weight excluding hydrogens is 485 g/mol. The van der Waals surface area contributed by atoms with Gasteiger partial charge in [0.1, 0.15) is 18.3 Å². The van der Waals surface area contributed by atoms with Crippen LogP contribution in [0.2, 0.25) is 0 Å². The lowest BCUT2D eigenvalue weighted by atomic mass is 10.1. The van der Waals surface area contributed by atoms with Gasteiger partial charge in [-0.25, -0.2) is 9.38 Å². The van der Waals surface area contributed by atoms with Crippen LogP contribution >= 0.6 is 20.8 Å². The van der Waals surface area contributed by atoms with Crippen LogP contribution in [0.3, 0.4) is 0 Å². The first-order valence-corrected chi connectivity index (χ1v) is 12.0. The Kier molecular flexibility index (Phi) is 6.38. The molecule has 3 aromatic heterocycles. The number of aliphatic hydroxyl groups excluding tert-OH is 2. The number of hydrogen-bond acceptors (Lipinski definition) is 9. The Labute approximate surface area is 197 Å². The third kappa shape index (κ3) is 4.33. The first kappa shape index (κ1) is 23.0. The van der Waals surface area contributed by atoms with Crippen LogP contribution in [0.25, 0.3) is 28.2 Å². The lowest BCUT2D eigenvalue weighted by Gasteiger charge is -2.31. The molecule has 4 N–H and O–H groups in total. The van der Waals surface area contributed by atoms with E-state index in [9.17, 15) is 19.8 Å². The summed E-state index contributed by atoms with van der Waals surface area (Å²) >= 11 is 0.905. The molecule has 0 aliphatic carbocycles. The van der Waals surface area contributed by atoms with E-state index in [2.05, 4.69) is 15.0 Å². The van der Waals surface area contributed by atoms with Crippen molar-refractivity contribution in [3.8, 4) is 11.3 Å². The number of fused-ring (bicyclic) bond motifs is 2. The fourth-order valence-corrected chi connectivity index (χ4v) is 5.17. The Morgan fingerprint density at radius 3 is 2.85 bits per heavy atom. The Hall–Kier alpha value is -2.80. The van der Waals surface area contributed by atoms with E-state index in [4.69, 9.17) is 14.2 Å². The molecule has 4 heterocycles. The van der Waals surface area contributed by atoms with Gasteiger partial charge < -0.3 is 33.9 Å². The summed E-state index contributed by atoms with van der Waals surface area (Å²) in [6.07, 6.45) is -1.51. The zero-order valence-electron chi connectivity index (χ0n) is 17.5. The van der Waals surface area contributed by atoms with Crippen LogP contribution in [-0.4, -0.2) is 75.9 Å². The van der Waals surface area contributed by atoms with E-state index < -0.39 is 29.8 Å². The molecule has 0 amide bonds. The van der Waals surface area contributed by atoms with Crippen molar-refractivity contribution < 1.29 is 29.2 Å². The molecule has 0 spiro atoms. The number of aliphatic carboxylic acids is 1. The van der Waals surface area contributed by atoms with Crippen molar-refractivity contribution in [2.24, 2.45) is 0 Å². The fraction of sp³-hybridized carbons (Fsp3) is 0.300. The number of nitrogens with one attached hydrogen (secondary N) is 1. The normalized spacial score (nSPS) is 20.3. The van der Waals surface area contributed by atoms with Crippen LogP contribution in [0.5, 0.6) is 0 Å². The Balaban J connectivity index is 1.60. The van der Waals surface area contributed by atoms with Gasteiger partial charge in [-0.3, -0.25) is 9.59 Å². The second-order valence-electron chi connectivity index (χ2n) is 7.62. The number of hydrogen-bond donors (Lipinski definition) is 4. The Bertz CT molecular complexity index is 1410. The average molecular weight is 505 g/mol. The van der Waals surface area contributed by atoms with Gasteiger partial charge in [0.05, 0.1) is 24.6 Å². The predicted molar refractivity (Wildman–Crippen MR) is 124 cm³/mol. The van der Waals surface area contributed by atoms with Crippen molar-refractivity contribution in [1.82, 2.24) is 23.9 Å². The molecule has 1 aromatic carbocycles. The SMILES string of the molecule is O=C(O)CSc1nc2c(=O)n3cc(-c4ccccc4)[nH]c3nc2n1CC(O)C1OPOCC1O. The first-order chi connectivity index (χ1) is 16.4. The molecule has 1 aliphatic rings. The third-order valence-electron chi connectivity index (χ3n) is 5.31. The highest BCUT2D eigenvalue weighted by molar-refractivity contribution is 7.99. The van der Waals surface area contributed by atoms with E-state index in [-0.39, 0.29) is 50.0 Å². The minimum absolute atomic E-state index is 0.0242. The first-order valence-electron chi connectivity index (χ1n) is 10.2. The summed E-state index contributed by atoms with van der Waals surface area (Å²) in [5, 5.41) is 30.2. The number of nitrogens with zero attached hydrogens (tertiary/aromatic N) is 4. The van der Waals surface area contributed by atoms with Crippen LogP contribution in [0.15, 0.2) is 46.5 Å². The molecular formula is C20H20N5O7PS. The van der Waals surface area contributed by atoms with Gasteiger partial charge in [-0.2, -0.15) is 4.98 Å². The highest BCUT2D eigenvalue weighted by Gasteiger charge is 2.33. The van der Waals surface area contributed by atoms with Gasteiger partial charge in [0.15, 0.2) is 25.4 Å². The van der Waals surface area contributed by atoms with E-state index in [1.54, 1.807) is 6.20 Å². The number of aromatic nitrogens is 5. The van der Waals surface area contributed by atoms with Crippen molar-refractivity contribution >= 4 is 43.7 Å². The van der Waals surface area contributed by atoms with Crippen LogP contribution in [0, 0.1) is 0 Å². The van der Waals surface area contributed by atoms with Gasteiger partial charge in [-0.1, -0.05) is 42.1 Å². The smallest absolute Gasteiger partial charge is 0.313 e. The van der Waals surface area contributed by atoms with Gasteiger partial charge in [0.2, 0.25) is 5.78 Å². The molecule has 14 heteroatoms. The van der Waals surface area contributed by atoms with E-state index in [1.165, 1.54) is 8.97 Å². The zero-order valence-corrected chi connectivity index (χ0v) is 19.3. The number of aromatic amines is 1. The van der Waals surface area contributed by atoms with E-state index >= 15 is 0 Å². The van der Waals surface area contributed by atoms with Crippen molar-refractivity contribution in [3.63, 3.8) is 0 Å². The molecule has 178 valence electrons. The van der Waals surface area contributed by atoms with Crippen LogP contribution in [0.4, 0.5) is 0 Å². The van der Waals surface area contributed by atoms with Crippen LogP contribution in [-0.2, 0) is 20.4 Å². The lowest BCUT2D eigenvalue weighted by Crippen LogP contribution is -2.44. The summed E-state index contributed by atoms with van der Waals surface area (Å²) in [6.45, 7) is -0.101. The molecule has 4 atom stereocenters. The minimum atomic E-state index is -1.18. The number of imidazole rings is 2. The van der Waals surface area contributed by atoms with Gasteiger partial charge in [-0.05, 0) is 5.56 Å². The number of rotatable bonds is 7. The minimum Gasteiger partial charge on any atom is -0.481 e. The van der Waals surface area contributed by atoms with E-state index in [0.29, 0.717) is 5.69 Å². The molecule has 0 radical (unpaired) electrons. The molecule has 4 aromatic rings. The average Bonchev–Trinajstić information content (AvgIpc) is 3.41. The standard InChI is InChI=1S/C20H20N5O7PS/c26-12(16-13(27)8-31-33-32-16)7-24-17-15(22-20(24)34-9-14(28)29)18(30)25-6-11(21-19(25)23-17)10-4-2-1-3-5-10/h1-6,12-13,16,26-27,33H,7-9H2,(H,21,23)(H,28,29). The molecule has 4 unspecified atom stereocenters. The van der Waals surface area contributed by atoms with Crippen molar-refractivity contribution in [1.29, 1.82) is 0 Å². The summed E-state index contributed by atoms with van der Waals surface area (Å²) in [6, 6.07) is 9.43. The Morgan fingerprint density at radius 2 is 2.12 bits per heavy atom. The van der Waals surface area contributed by atoms with E-state index in [1.807, 2.05) is 30.3 Å². The second kappa shape index (κ2) is 9.45. The van der Waals surface area contributed by atoms with Crippen molar-refractivity contribution in [3.05, 3.63) is 46.9 Å². The topological polar surface area (TPSA) is 164 Å². The summed E-state index contributed by atoms with van der Waals surface area (Å²) < 4.78 is 13.3. The summed E-state index contributed by atoms with van der Waals surface area (Å²) in [5.41, 5.74) is 1.33. The lowest BCUT2D eigenvalue weighted by molar-refractivity contribution is -0.133. The van der Waals surface area contributed by atoms with Crippen molar-refractivity contribution in [2.75, 3.05) is 12.4 Å². The van der Waals surface area contributed by atoms with Gasteiger partial charge in [-0.15, -0.1) is 0 Å². The number of H-pyrrole nitrogens is 1. The second-order valence-corrected chi connectivity index (χ2v) is 9.25. The third-order valence-corrected chi connectivity index (χ3v) is 6.92. The molecule has 34 heavy (non-hydrogen) atoms. The summed E-state index contributed by atoms with van der Waals surface area (Å²) in [5.74, 6) is -1.09. The fourth-order valence-electron chi connectivity index (χ4n) is 3.71. The van der Waals surface area contributed by atoms with Crippen molar-refractivity contribution in [2.45, 2.75) is 30.0 Å². The number of carbonyl (C=O) groups is 1. The zero-order chi connectivity index (χ0) is 23.8. The molecule has 0 bridgehead atoms. The predicted octanol–water partition coefficient (Wildman–Crippen LogP) is 0.862. The number of aliphatic hydroxyl groups is 2. The number of carboxylic acids is 1. The molecule has 1 fully saturated rings. The van der Waals surface area contributed by atoms with E-state index in [0.717, 1.165) is 17.3 Å². The number of benzene rings is 1. The summed E-state index contributed by atoms with van der Waals surface area (Å²) in [4.78, 5) is 36.4.